The molecular formula is C17H21N3O2S2. The molecule has 1 fully saturated rings. The molecule has 0 radical (unpaired) electrons. The lowest BCUT2D eigenvalue weighted by Crippen LogP contribution is -2.25. The molecular weight excluding hydrogens is 342 g/mol. The minimum atomic E-state index is 0.00137. The van der Waals surface area contributed by atoms with Crippen molar-refractivity contribution in [2.45, 2.75) is 56.7 Å². The highest BCUT2D eigenvalue weighted by atomic mass is 32.2. The monoisotopic (exact) mass is 363 g/mol. The molecule has 7 heteroatoms. The summed E-state index contributed by atoms with van der Waals surface area (Å²) in [5, 5.41) is 3.80. The van der Waals surface area contributed by atoms with Gasteiger partial charge in [0.2, 0.25) is 5.91 Å². The fraction of sp³-hybridized carbons (Fsp3) is 0.588. The predicted octanol–water partition coefficient (Wildman–Crippen LogP) is 2.77. The minimum Gasteiger partial charge on any atom is -0.353 e. The number of thiophene rings is 1. The Bertz CT molecular complexity index is 823. The number of H-pyrrole nitrogens is 1. The number of nitrogens with zero attached hydrogens (tertiary/aromatic N) is 1. The van der Waals surface area contributed by atoms with Gasteiger partial charge in [-0.15, -0.1) is 11.3 Å². The lowest BCUT2D eigenvalue weighted by Gasteiger charge is -2.09. The van der Waals surface area contributed by atoms with E-state index in [0.29, 0.717) is 18.2 Å². The van der Waals surface area contributed by atoms with Crippen molar-refractivity contribution in [3.63, 3.8) is 0 Å². The largest absolute Gasteiger partial charge is 0.353 e. The number of amides is 1. The summed E-state index contributed by atoms with van der Waals surface area (Å²) in [7, 11) is 0. The lowest BCUT2D eigenvalue weighted by molar-refractivity contribution is -0.120. The molecule has 128 valence electrons. The fourth-order valence-corrected chi connectivity index (χ4v) is 5.22. The minimum absolute atomic E-state index is 0.00137. The third kappa shape index (κ3) is 3.52. The van der Waals surface area contributed by atoms with E-state index in [9.17, 15) is 9.59 Å². The summed E-state index contributed by atoms with van der Waals surface area (Å²) in [6.45, 7) is 0. The third-order valence-electron chi connectivity index (χ3n) is 4.53. The molecule has 0 aromatic carbocycles. The van der Waals surface area contributed by atoms with Gasteiger partial charge < -0.3 is 10.3 Å². The van der Waals surface area contributed by atoms with Crippen LogP contribution in [0.4, 0.5) is 0 Å². The smallest absolute Gasteiger partial charge is 0.259 e. The Hall–Kier alpha value is -1.34. The maximum absolute atomic E-state index is 12.4. The quantitative estimate of drug-likeness (QED) is 0.774. The van der Waals surface area contributed by atoms with Crippen LogP contribution in [0.25, 0.3) is 10.2 Å². The molecule has 2 N–H and O–H groups in total. The maximum Gasteiger partial charge on any atom is 0.259 e. The van der Waals surface area contributed by atoms with Crippen LogP contribution < -0.4 is 10.9 Å². The zero-order valence-electron chi connectivity index (χ0n) is 13.5. The molecule has 0 atom stereocenters. The van der Waals surface area contributed by atoms with Crippen LogP contribution in [0.2, 0.25) is 0 Å². The second-order valence-electron chi connectivity index (χ2n) is 6.55. The van der Waals surface area contributed by atoms with E-state index in [-0.39, 0.29) is 11.5 Å². The summed E-state index contributed by atoms with van der Waals surface area (Å²) in [6, 6.07) is 0.424. The van der Waals surface area contributed by atoms with E-state index in [2.05, 4.69) is 15.3 Å². The molecule has 4 rings (SSSR count). The third-order valence-corrected chi connectivity index (χ3v) is 6.68. The summed E-state index contributed by atoms with van der Waals surface area (Å²) in [5.41, 5.74) is 1.23. The van der Waals surface area contributed by atoms with Crippen LogP contribution in [0.3, 0.4) is 0 Å². The highest BCUT2D eigenvalue weighted by Crippen LogP contribution is 2.33. The van der Waals surface area contributed by atoms with Gasteiger partial charge in [0.15, 0.2) is 0 Å². The maximum atomic E-state index is 12.4. The Balaban J connectivity index is 1.39. The van der Waals surface area contributed by atoms with Gasteiger partial charge in [0.05, 0.1) is 11.1 Å². The first-order valence-corrected chi connectivity index (χ1v) is 10.6. The molecule has 0 unspecified atom stereocenters. The Labute approximate surface area is 148 Å². The lowest BCUT2D eigenvalue weighted by atomic mass is 9.97. The van der Waals surface area contributed by atoms with Crippen molar-refractivity contribution in [3.8, 4) is 0 Å². The number of fused-ring (bicyclic) bond motifs is 3. The van der Waals surface area contributed by atoms with E-state index in [4.69, 9.17) is 0 Å². The molecule has 2 aromatic heterocycles. The molecule has 2 aromatic rings. The number of nitrogens with one attached hydrogen (secondary N) is 2. The number of hydrogen-bond donors (Lipinski definition) is 2. The Kier molecular flexibility index (Phi) is 4.63. The highest BCUT2D eigenvalue weighted by molar-refractivity contribution is 7.98. The molecule has 1 saturated carbocycles. The van der Waals surface area contributed by atoms with Gasteiger partial charge in [-0.2, -0.15) is 11.8 Å². The van der Waals surface area contributed by atoms with Gasteiger partial charge in [-0.05, 0) is 44.1 Å². The first kappa shape index (κ1) is 16.1. The van der Waals surface area contributed by atoms with Crippen LogP contribution in [0, 0.1) is 0 Å². The number of aromatic nitrogens is 2. The van der Waals surface area contributed by atoms with Crippen molar-refractivity contribution in [1.82, 2.24) is 15.3 Å². The predicted molar refractivity (Wildman–Crippen MR) is 98.8 cm³/mol. The Morgan fingerprint density at radius 3 is 3.00 bits per heavy atom. The van der Waals surface area contributed by atoms with E-state index in [1.54, 1.807) is 23.1 Å². The zero-order valence-corrected chi connectivity index (χ0v) is 15.2. The van der Waals surface area contributed by atoms with Crippen molar-refractivity contribution in [1.29, 1.82) is 0 Å². The number of carbonyl (C=O) groups is 1. The van der Waals surface area contributed by atoms with E-state index < -0.39 is 0 Å². The summed E-state index contributed by atoms with van der Waals surface area (Å²) < 4.78 is 0. The Morgan fingerprint density at radius 2 is 2.17 bits per heavy atom. The fourth-order valence-electron chi connectivity index (χ4n) is 3.14. The van der Waals surface area contributed by atoms with Crippen molar-refractivity contribution in [2.24, 2.45) is 0 Å². The number of aryl methyl sites for hydroxylation is 2. The first-order chi connectivity index (χ1) is 11.7. The topological polar surface area (TPSA) is 74.8 Å². The highest BCUT2D eigenvalue weighted by Gasteiger charge is 2.23. The van der Waals surface area contributed by atoms with Crippen LogP contribution in [-0.2, 0) is 23.4 Å². The average Bonchev–Trinajstić information content (AvgIpc) is 3.28. The summed E-state index contributed by atoms with van der Waals surface area (Å²) in [6.07, 6.45) is 7.23. The number of carbonyl (C=O) groups excluding carboxylic acids is 1. The average molecular weight is 364 g/mol. The zero-order chi connectivity index (χ0) is 16.5. The summed E-state index contributed by atoms with van der Waals surface area (Å²) in [4.78, 5) is 33.9. The van der Waals surface area contributed by atoms with Gasteiger partial charge >= 0.3 is 0 Å². The molecule has 0 spiro atoms. The van der Waals surface area contributed by atoms with Crippen LogP contribution in [0.15, 0.2) is 4.79 Å². The summed E-state index contributed by atoms with van der Waals surface area (Å²) in [5.74, 6) is 2.25. The van der Waals surface area contributed by atoms with Crippen molar-refractivity contribution in [2.75, 3.05) is 5.75 Å². The van der Waals surface area contributed by atoms with E-state index >= 15 is 0 Å². The van der Waals surface area contributed by atoms with Gasteiger partial charge in [0.25, 0.3) is 5.56 Å². The molecule has 2 aliphatic rings. The van der Waals surface area contributed by atoms with Gasteiger partial charge in [-0.3, -0.25) is 9.59 Å². The number of thioether (sulfide) groups is 1. The molecule has 5 nitrogen and oxygen atoms in total. The van der Waals surface area contributed by atoms with Gasteiger partial charge in [-0.25, -0.2) is 4.98 Å². The standard InChI is InChI=1S/C17H21N3O2S2/c21-14(18-10-5-6-10)7-8-23-9-13-19-16(22)15-11-3-1-2-4-12(11)24-17(15)20-13/h10H,1-9H2,(H,18,21)(H,19,20,22). The normalized spacial score (nSPS) is 17.0. The number of aromatic amines is 1. The SMILES string of the molecule is O=C(CCSCc1nc2sc3c(c2c(=O)[nH]1)CCCC3)NC1CC1. The molecule has 0 bridgehead atoms. The second kappa shape index (κ2) is 6.88. The van der Waals surface area contributed by atoms with Crippen LogP contribution in [0.1, 0.15) is 48.4 Å². The van der Waals surface area contributed by atoms with Gasteiger partial charge in [0.1, 0.15) is 10.7 Å². The molecule has 1 amide bonds. The molecule has 2 heterocycles. The second-order valence-corrected chi connectivity index (χ2v) is 8.74. The molecule has 0 saturated heterocycles. The Morgan fingerprint density at radius 1 is 1.33 bits per heavy atom. The number of hydrogen-bond acceptors (Lipinski definition) is 5. The van der Waals surface area contributed by atoms with Crippen LogP contribution >= 0.6 is 23.1 Å². The molecule has 2 aliphatic carbocycles. The van der Waals surface area contributed by atoms with Crippen molar-refractivity contribution in [3.05, 3.63) is 26.6 Å². The van der Waals surface area contributed by atoms with E-state index in [1.807, 2.05) is 0 Å². The van der Waals surface area contributed by atoms with Gasteiger partial charge in [0, 0.05) is 23.1 Å². The molecule has 0 aliphatic heterocycles. The first-order valence-electron chi connectivity index (χ1n) is 8.61. The van der Waals surface area contributed by atoms with Crippen LogP contribution in [-0.4, -0.2) is 27.7 Å². The van der Waals surface area contributed by atoms with Crippen molar-refractivity contribution < 1.29 is 4.79 Å². The van der Waals surface area contributed by atoms with Crippen LogP contribution in [0.5, 0.6) is 0 Å². The summed E-state index contributed by atoms with van der Waals surface area (Å²) >= 11 is 3.33. The van der Waals surface area contributed by atoms with Crippen molar-refractivity contribution >= 4 is 39.2 Å². The van der Waals surface area contributed by atoms with E-state index in [0.717, 1.165) is 47.5 Å². The van der Waals surface area contributed by atoms with Gasteiger partial charge in [-0.1, -0.05) is 0 Å². The molecule has 24 heavy (non-hydrogen) atoms. The van der Waals surface area contributed by atoms with E-state index in [1.165, 1.54) is 23.3 Å². The number of rotatable bonds is 6.